The zero-order valence-electron chi connectivity index (χ0n) is 6.62. The molecule has 0 aliphatic rings. The topological polar surface area (TPSA) is 26.0 Å². The predicted octanol–water partition coefficient (Wildman–Crippen LogP) is 1.22. The summed E-state index contributed by atoms with van der Waals surface area (Å²) in [6.07, 6.45) is 0. The van der Waals surface area contributed by atoms with E-state index in [-0.39, 0.29) is 0 Å². The summed E-state index contributed by atoms with van der Waals surface area (Å²) in [7, 11) is 5.78. The normalized spacial score (nSPS) is 10.3. The molecule has 0 bridgehead atoms. The Morgan fingerprint density at radius 2 is 1.83 bits per heavy atom. The highest BCUT2D eigenvalue weighted by atomic mass is 14.5. The maximum absolute atomic E-state index is 5.78. The molecule has 2 aromatic rings. The Labute approximate surface area is 72.6 Å². The van der Waals surface area contributed by atoms with E-state index in [0.717, 1.165) is 16.2 Å². The molecule has 0 heterocycles. The van der Waals surface area contributed by atoms with Gasteiger partial charge in [0.25, 0.3) is 0 Å². The van der Waals surface area contributed by atoms with E-state index in [1.807, 2.05) is 30.3 Å². The van der Waals surface area contributed by atoms with Crippen LogP contribution in [0.15, 0.2) is 36.4 Å². The second-order valence-electron chi connectivity index (χ2n) is 2.83. The van der Waals surface area contributed by atoms with E-state index in [1.54, 1.807) is 6.07 Å². The molecule has 0 fully saturated rings. The van der Waals surface area contributed by atoms with E-state index in [2.05, 4.69) is 0 Å². The summed E-state index contributed by atoms with van der Waals surface area (Å²) in [4.78, 5) is 0. The fourth-order valence-electron chi connectivity index (χ4n) is 1.36. The third-order valence-electron chi connectivity index (χ3n) is 1.92. The van der Waals surface area contributed by atoms with Gasteiger partial charge in [-0.15, -0.1) is 0 Å². The van der Waals surface area contributed by atoms with Gasteiger partial charge in [0.15, 0.2) is 0 Å². The lowest BCUT2D eigenvalue weighted by Gasteiger charge is -2.03. The Hall–Kier alpha value is -1.44. The first kappa shape index (κ1) is 7.23. The molecule has 0 amide bonds. The number of rotatable bonds is 0. The maximum atomic E-state index is 5.78. The second kappa shape index (κ2) is 2.56. The average molecular weight is 153 g/mol. The number of hydrogen-bond acceptors (Lipinski definition) is 1. The van der Waals surface area contributed by atoms with Gasteiger partial charge in [-0.1, -0.05) is 29.7 Å². The van der Waals surface area contributed by atoms with Gasteiger partial charge in [0.05, 0.1) is 0 Å². The van der Waals surface area contributed by atoms with Crippen LogP contribution in [0.1, 0.15) is 0 Å². The Morgan fingerprint density at radius 1 is 1.08 bits per heavy atom. The van der Waals surface area contributed by atoms with Crippen LogP contribution in [0.3, 0.4) is 0 Å². The standard InChI is InChI=1S/C10H8BN/c11-10-6-8(12)5-7-3-1-2-4-9(7)10/h1-6H,12H2. The molecule has 0 aromatic heterocycles. The molecule has 2 N–H and O–H groups in total. The third kappa shape index (κ3) is 1.05. The number of hydrogen-bond donors (Lipinski definition) is 1. The van der Waals surface area contributed by atoms with Gasteiger partial charge in [0.2, 0.25) is 0 Å². The van der Waals surface area contributed by atoms with Crippen LogP contribution in [-0.2, 0) is 0 Å². The third-order valence-corrected chi connectivity index (χ3v) is 1.92. The van der Waals surface area contributed by atoms with Crippen LogP contribution < -0.4 is 11.2 Å². The fraction of sp³-hybridized carbons (Fsp3) is 0. The molecule has 2 heteroatoms. The van der Waals surface area contributed by atoms with Crippen molar-refractivity contribution in [2.75, 3.05) is 5.73 Å². The van der Waals surface area contributed by atoms with Gasteiger partial charge < -0.3 is 5.73 Å². The zero-order valence-corrected chi connectivity index (χ0v) is 6.62. The Morgan fingerprint density at radius 3 is 2.67 bits per heavy atom. The Balaban J connectivity index is 2.89. The quantitative estimate of drug-likeness (QED) is 0.446. The molecule has 0 atom stereocenters. The minimum atomic E-state index is 0.714. The second-order valence-corrected chi connectivity index (χ2v) is 2.83. The highest BCUT2D eigenvalue weighted by Gasteiger charge is 1.95. The van der Waals surface area contributed by atoms with Crippen molar-refractivity contribution >= 4 is 29.8 Å². The lowest BCUT2D eigenvalue weighted by Crippen LogP contribution is -2.04. The van der Waals surface area contributed by atoms with Crippen molar-refractivity contribution < 1.29 is 0 Å². The van der Waals surface area contributed by atoms with Crippen molar-refractivity contribution in [1.82, 2.24) is 0 Å². The van der Waals surface area contributed by atoms with Gasteiger partial charge in [-0.05, 0) is 22.9 Å². The van der Waals surface area contributed by atoms with Crippen LogP contribution in [0.5, 0.6) is 0 Å². The maximum Gasteiger partial charge on any atom is 0.114 e. The fourth-order valence-corrected chi connectivity index (χ4v) is 1.36. The molecule has 0 saturated carbocycles. The number of fused-ring (bicyclic) bond motifs is 1. The van der Waals surface area contributed by atoms with Crippen molar-refractivity contribution in [2.24, 2.45) is 0 Å². The molecule has 2 aromatic carbocycles. The number of anilines is 1. The summed E-state index contributed by atoms with van der Waals surface area (Å²) >= 11 is 0. The summed E-state index contributed by atoms with van der Waals surface area (Å²) in [5.41, 5.74) is 7.10. The number of nitrogens with two attached hydrogens (primary N) is 1. The van der Waals surface area contributed by atoms with Crippen molar-refractivity contribution in [1.29, 1.82) is 0 Å². The van der Waals surface area contributed by atoms with Gasteiger partial charge >= 0.3 is 0 Å². The van der Waals surface area contributed by atoms with Gasteiger partial charge in [0.1, 0.15) is 7.85 Å². The van der Waals surface area contributed by atoms with Gasteiger partial charge in [-0.25, -0.2) is 0 Å². The highest BCUT2D eigenvalue weighted by Crippen LogP contribution is 2.13. The first-order valence-corrected chi connectivity index (χ1v) is 3.81. The first-order chi connectivity index (χ1) is 5.77. The van der Waals surface area contributed by atoms with Crippen molar-refractivity contribution in [2.45, 2.75) is 0 Å². The van der Waals surface area contributed by atoms with Crippen LogP contribution in [0.4, 0.5) is 5.69 Å². The van der Waals surface area contributed by atoms with Gasteiger partial charge in [-0.3, -0.25) is 0 Å². The molecular formula is C10H8BN. The molecule has 0 saturated heterocycles. The average Bonchev–Trinajstić information content (AvgIpc) is 2.04. The lowest BCUT2D eigenvalue weighted by atomic mass is 9.90. The van der Waals surface area contributed by atoms with E-state index < -0.39 is 0 Å². The molecule has 1 nitrogen and oxygen atoms in total. The monoisotopic (exact) mass is 153 g/mol. The highest BCUT2D eigenvalue weighted by molar-refractivity contribution is 6.39. The van der Waals surface area contributed by atoms with Crippen LogP contribution >= 0.6 is 0 Å². The molecule has 0 spiro atoms. The van der Waals surface area contributed by atoms with E-state index in [1.165, 1.54) is 0 Å². The van der Waals surface area contributed by atoms with Crippen LogP contribution in [0.2, 0.25) is 0 Å². The SMILES string of the molecule is [B]c1cc(N)cc2ccccc12. The van der Waals surface area contributed by atoms with Crippen molar-refractivity contribution in [3.63, 3.8) is 0 Å². The summed E-state index contributed by atoms with van der Waals surface area (Å²) < 4.78 is 0. The first-order valence-electron chi connectivity index (χ1n) is 3.81. The number of nitrogen functional groups attached to an aromatic ring is 1. The number of benzene rings is 2. The Bertz CT molecular complexity index is 423. The molecule has 0 aliphatic heterocycles. The zero-order chi connectivity index (χ0) is 8.55. The minimum absolute atomic E-state index is 0.714. The van der Waals surface area contributed by atoms with E-state index in [9.17, 15) is 0 Å². The molecule has 2 radical (unpaired) electrons. The largest absolute Gasteiger partial charge is 0.399 e. The smallest absolute Gasteiger partial charge is 0.114 e. The molecule has 0 aliphatic carbocycles. The van der Waals surface area contributed by atoms with Crippen LogP contribution in [-0.4, -0.2) is 7.85 Å². The summed E-state index contributed by atoms with van der Waals surface area (Å²) in [6, 6.07) is 11.6. The minimum Gasteiger partial charge on any atom is -0.399 e. The molecule has 12 heavy (non-hydrogen) atoms. The summed E-state index contributed by atoms with van der Waals surface area (Å²) in [5, 5.41) is 2.15. The van der Waals surface area contributed by atoms with Crippen molar-refractivity contribution in [3.8, 4) is 0 Å². The van der Waals surface area contributed by atoms with Crippen LogP contribution in [0.25, 0.3) is 10.8 Å². The van der Waals surface area contributed by atoms with E-state index in [0.29, 0.717) is 5.69 Å². The van der Waals surface area contributed by atoms with Crippen LogP contribution in [0, 0.1) is 0 Å². The molecular weight excluding hydrogens is 145 g/mol. The van der Waals surface area contributed by atoms with Gasteiger partial charge in [-0.2, -0.15) is 0 Å². The predicted molar refractivity (Wildman–Crippen MR) is 53.7 cm³/mol. The van der Waals surface area contributed by atoms with E-state index in [4.69, 9.17) is 13.6 Å². The Kier molecular flexibility index (Phi) is 1.54. The summed E-state index contributed by atoms with van der Waals surface area (Å²) in [6.45, 7) is 0. The molecule has 0 unspecified atom stereocenters. The molecule has 2 rings (SSSR count). The van der Waals surface area contributed by atoms with E-state index >= 15 is 0 Å². The van der Waals surface area contributed by atoms with Crippen molar-refractivity contribution in [3.05, 3.63) is 36.4 Å². The lowest BCUT2D eigenvalue weighted by molar-refractivity contribution is 1.76. The summed E-state index contributed by atoms with van der Waals surface area (Å²) in [5.74, 6) is 0. The molecule has 56 valence electrons. The van der Waals surface area contributed by atoms with Gasteiger partial charge in [0, 0.05) is 5.69 Å².